The Hall–Kier alpha value is -2.86. The summed E-state index contributed by atoms with van der Waals surface area (Å²) in [5.41, 5.74) is 4.36. The highest BCUT2D eigenvalue weighted by Crippen LogP contribution is 2.45. The Morgan fingerprint density at radius 1 is 0.600 bits per heavy atom. The van der Waals surface area contributed by atoms with Crippen LogP contribution in [0, 0.1) is 0 Å². The number of rotatable bonds is 2. The minimum atomic E-state index is 0.483. The molecule has 0 saturated carbocycles. The highest BCUT2D eigenvalue weighted by atomic mass is 14.3. The van der Waals surface area contributed by atoms with Crippen LogP contribution in [0.3, 0.4) is 0 Å². The van der Waals surface area contributed by atoms with Gasteiger partial charge in [0.15, 0.2) is 0 Å². The molecule has 0 heteroatoms. The molecule has 0 aliphatic heterocycles. The maximum Gasteiger partial charge on any atom is 0.0101 e. The fourth-order valence-corrected chi connectivity index (χ4v) is 4.36. The van der Waals surface area contributed by atoms with Crippen molar-refractivity contribution in [3.63, 3.8) is 0 Å². The summed E-state index contributed by atoms with van der Waals surface area (Å²) in [6, 6.07) is 30.9. The summed E-state index contributed by atoms with van der Waals surface area (Å²) in [5.74, 6) is 0.483. The molecule has 1 aliphatic rings. The summed E-state index contributed by atoms with van der Waals surface area (Å²) in [6.07, 6.45) is 4.81. The lowest BCUT2D eigenvalue weighted by Crippen LogP contribution is -1.99. The van der Waals surface area contributed by atoms with E-state index >= 15 is 0 Å². The normalized spacial score (nSPS) is 17.1. The molecular weight excluding hydrogens is 300 g/mol. The van der Waals surface area contributed by atoms with E-state index in [0.29, 0.717) is 5.92 Å². The van der Waals surface area contributed by atoms with Crippen LogP contribution in [-0.2, 0) is 0 Å². The van der Waals surface area contributed by atoms with Gasteiger partial charge in [-0.3, -0.25) is 0 Å². The molecule has 0 spiro atoms. The van der Waals surface area contributed by atoms with Gasteiger partial charge < -0.3 is 0 Å². The van der Waals surface area contributed by atoms with Gasteiger partial charge in [-0.15, -0.1) is 0 Å². The first-order chi connectivity index (χ1) is 12.4. The van der Waals surface area contributed by atoms with Crippen molar-refractivity contribution in [2.24, 2.45) is 0 Å². The predicted molar refractivity (Wildman–Crippen MR) is 108 cm³/mol. The van der Waals surface area contributed by atoms with Gasteiger partial charge in [-0.2, -0.15) is 0 Å². The maximum absolute atomic E-state index is 2.45. The molecule has 120 valence electrons. The molecule has 0 nitrogen and oxygen atoms in total. The molecule has 0 amide bonds. The Morgan fingerprint density at radius 3 is 2.08 bits per heavy atom. The summed E-state index contributed by atoms with van der Waals surface area (Å²) >= 11 is 0. The number of allylic oxidation sites excluding steroid dienone is 2. The summed E-state index contributed by atoms with van der Waals surface area (Å²) in [4.78, 5) is 0. The van der Waals surface area contributed by atoms with E-state index in [2.05, 4.69) is 91.0 Å². The van der Waals surface area contributed by atoms with Gasteiger partial charge in [0.05, 0.1) is 0 Å². The minimum Gasteiger partial charge on any atom is -0.0800 e. The van der Waals surface area contributed by atoms with E-state index in [9.17, 15) is 0 Å². The molecule has 0 N–H and O–H groups in total. The van der Waals surface area contributed by atoms with E-state index in [4.69, 9.17) is 0 Å². The first-order valence-corrected chi connectivity index (χ1v) is 9.08. The maximum atomic E-state index is 2.45. The van der Waals surface area contributed by atoms with Gasteiger partial charge in [-0.25, -0.2) is 0 Å². The molecule has 0 heterocycles. The smallest absolute Gasteiger partial charge is 0.0101 e. The van der Waals surface area contributed by atoms with Crippen LogP contribution in [0.4, 0.5) is 0 Å². The Morgan fingerprint density at radius 2 is 1.24 bits per heavy atom. The fraction of sp³-hybridized carbons (Fsp3) is 0.120. The predicted octanol–water partition coefficient (Wildman–Crippen LogP) is 6.95. The Labute approximate surface area is 148 Å². The average molecular weight is 320 g/mol. The third-order valence-electron chi connectivity index (χ3n) is 5.49. The van der Waals surface area contributed by atoms with E-state index in [-0.39, 0.29) is 0 Å². The molecule has 0 radical (unpaired) electrons. The molecule has 0 bridgehead atoms. The van der Waals surface area contributed by atoms with E-state index in [0.717, 1.165) is 6.42 Å². The van der Waals surface area contributed by atoms with Gasteiger partial charge in [0.2, 0.25) is 0 Å². The van der Waals surface area contributed by atoms with Crippen LogP contribution < -0.4 is 0 Å². The molecule has 1 unspecified atom stereocenters. The number of benzene rings is 4. The van der Waals surface area contributed by atoms with Crippen LogP contribution in [0.1, 0.15) is 29.9 Å². The molecule has 0 fully saturated rings. The molecule has 0 aromatic heterocycles. The third-order valence-corrected chi connectivity index (χ3v) is 5.49. The molecule has 4 aromatic carbocycles. The Balaban J connectivity index is 1.69. The summed E-state index contributed by atoms with van der Waals surface area (Å²) in [6.45, 7) is 0. The first-order valence-electron chi connectivity index (χ1n) is 9.08. The van der Waals surface area contributed by atoms with Crippen molar-refractivity contribution in [2.45, 2.75) is 18.8 Å². The lowest BCUT2D eigenvalue weighted by Gasteiger charge is -2.19. The molecule has 1 aliphatic carbocycles. The molecule has 0 saturated heterocycles. The van der Waals surface area contributed by atoms with Crippen molar-refractivity contribution in [2.75, 3.05) is 0 Å². The average Bonchev–Trinajstić information content (AvgIpc) is 3.16. The first kappa shape index (κ1) is 14.5. The van der Waals surface area contributed by atoms with Crippen molar-refractivity contribution < 1.29 is 0 Å². The quantitative estimate of drug-likeness (QED) is 0.375. The topological polar surface area (TPSA) is 0 Å². The van der Waals surface area contributed by atoms with E-state index in [1.807, 2.05) is 0 Å². The van der Waals surface area contributed by atoms with Crippen LogP contribution in [0.15, 0.2) is 91.0 Å². The summed E-state index contributed by atoms with van der Waals surface area (Å²) < 4.78 is 0. The molecular formula is C25H20. The van der Waals surface area contributed by atoms with Crippen molar-refractivity contribution in [3.05, 3.63) is 102 Å². The highest BCUT2D eigenvalue weighted by Gasteiger charge is 2.24. The zero-order valence-corrected chi connectivity index (χ0v) is 14.2. The van der Waals surface area contributed by atoms with Crippen LogP contribution in [0.2, 0.25) is 0 Å². The van der Waals surface area contributed by atoms with Gasteiger partial charge in [0.25, 0.3) is 0 Å². The van der Waals surface area contributed by atoms with Crippen LogP contribution >= 0.6 is 0 Å². The molecule has 25 heavy (non-hydrogen) atoms. The SMILES string of the molecule is C1=C(c2cccc3ccccc23)C(c2cccc3ccccc23)CC1. The highest BCUT2D eigenvalue weighted by molar-refractivity contribution is 5.97. The zero-order chi connectivity index (χ0) is 16.6. The Kier molecular flexibility index (Phi) is 3.41. The lowest BCUT2D eigenvalue weighted by atomic mass is 9.84. The number of fused-ring (bicyclic) bond motifs is 2. The van der Waals surface area contributed by atoms with Crippen molar-refractivity contribution in [1.82, 2.24) is 0 Å². The van der Waals surface area contributed by atoms with Crippen molar-refractivity contribution >= 4 is 27.1 Å². The zero-order valence-electron chi connectivity index (χ0n) is 14.2. The van der Waals surface area contributed by atoms with Gasteiger partial charge in [0.1, 0.15) is 0 Å². The summed E-state index contributed by atoms with van der Waals surface area (Å²) in [7, 11) is 0. The van der Waals surface area contributed by atoms with Crippen molar-refractivity contribution in [1.29, 1.82) is 0 Å². The molecule has 4 aromatic rings. The van der Waals surface area contributed by atoms with Crippen LogP contribution in [0.25, 0.3) is 27.1 Å². The third kappa shape index (κ3) is 2.37. The van der Waals surface area contributed by atoms with Gasteiger partial charge in [0, 0.05) is 5.92 Å². The monoisotopic (exact) mass is 320 g/mol. The summed E-state index contributed by atoms with van der Waals surface area (Å²) in [5, 5.41) is 5.42. The van der Waals surface area contributed by atoms with E-state index in [1.165, 1.54) is 44.7 Å². The minimum absolute atomic E-state index is 0.483. The van der Waals surface area contributed by atoms with E-state index < -0.39 is 0 Å². The van der Waals surface area contributed by atoms with Crippen molar-refractivity contribution in [3.8, 4) is 0 Å². The second kappa shape index (κ2) is 5.89. The van der Waals surface area contributed by atoms with Gasteiger partial charge in [-0.05, 0) is 51.1 Å². The fourth-order valence-electron chi connectivity index (χ4n) is 4.36. The van der Waals surface area contributed by atoms with Crippen LogP contribution in [0.5, 0.6) is 0 Å². The van der Waals surface area contributed by atoms with Gasteiger partial charge >= 0.3 is 0 Å². The molecule has 5 rings (SSSR count). The Bertz CT molecular complexity index is 1090. The number of hydrogen-bond acceptors (Lipinski definition) is 0. The van der Waals surface area contributed by atoms with E-state index in [1.54, 1.807) is 0 Å². The van der Waals surface area contributed by atoms with Crippen LogP contribution in [-0.4, -0.2) is 0 Å². The second-order valence-electron chi connectivity index (χ2n) is 6.88. The second-order valence-corrected chi connectivity index (χ2v) is 6.88. The standard InChI is InChI=1S/C25H20/c1-3-12-20-18(8-1)10-5-14-22(20)24-16-7-17-25(24)23-15-6-11-19-9-2-4-13-21(19)23/h1-6,8-16,25H,7,17H2. The largest absolute Gasteiger partial charge is 0.0800 e. The van der Waals surface area contributed by atoms with Gasteiger partial charge in [-0.1, -0.05) is 91.0 Å². The number of hydrogen-bond donors (Lipinski definition) is 0. The lowest BCUT2D eigenvalue weighted by molar-refractivity contribution is 0.817. The molecule has 1 atom stereocenters.